The highest BCUT2D eigenvalue weighted by Gasteiger charge is 2.19. The van der Waals surface area contributed by atoms with E-state index in [2.05, 4.69) is 15.6 Å². The summed E-state index contributed by atoms with van der Waals surface area (Å²) in [5.41, 5.74) is 0.520. The second-order valence-corrected chi connectivity index (χ2v) is 5.11. The minimum absolute atomic E-state index is 0.214. The normalized spacial score (nSPS) is 14.9. The van der Waals surface area contributed by atoms with E-state index in [1.165, 1.54) is 0 Å². The largest absolute Gasteiger partial charge is 0.383 e. The predicted molar refractivity (Wildman–Crippen MR) is 78.2 cm³/mol. The maximum Gasteiger partial charge on any atom is 0.270 e. The molecule has 1 saturated carbocycles. The number of nitrogens with zero attached hydrogens (tertiary/aromatic N) is 1. The highest BCUT2D eigenvalue weighted by atomic mass is 16.5. The van der Waals surface area contributed by atoms with Gasteiger partial charge >= 0.3 is 0 Å². The van der Waals surface area contributed by atoms with Crippen LogP contribution in [0.4, 0.5) is 0 Å². The molecule has 2 rings (SSSR count). The van der Waals surface area contributed by atoms with E-state index in [9.17, 15) is 9.59 Å². The van der Waals surface area contributed by atoms with Gasteiger partial charge in [0.25, 0.3) is 11.8 Å². The molecule has 0 aromatic carbocycles. The first kappa shape index (κ1) is 15.4. The smallest absolute Gasteiger partial charge is 0.270 e. The molecule has 1 aromatic rings. The number of methoxy groups -OCH3 is 1. The second kappa shape index (κ2) is 7.73. The molecule has 0 bridgehead atoms. The Balaban J connectivity index is 1.95. The van der Waals surface area contributed by atoms with E-state index in [4.69, 9.17) is 4.74 Å². The van der Waals surface area contributed by atoms with Crippen molar-refractivity contribution in [1.82, 2.24) is 15.6 Å². The molecule has 1 aliphatic carbocycles. The number of pyridine rings is 1. The summed E-state index contributed by atoms with van der Waals surface area (Å²) in [6.07, 6.45) is 4.34. The van der Waals surface area contributed by atoms with Gasteiger partial charge in [0.2, 0.25) is 0 Å². The fraction of sp³-hybridized carbons (Fsp3) is 0.533. The van der Waals surface area contributed by atoms with Gasteiger partial charge in [0.1, 0.15) is 11.4 Å². The minimum atomic E-state index is -0.303. The van der Waals surface area contributed by atoms with Gasteiger partial charge in [0.05, 0.1) is 6.61 Å². The van der Waals surface area contributed by atoms with Crippen LogP contribution in [0.25, 0.3) is 0 Å². The van der Waals surface area contributed by atoms with Gasteiger partial charge in [-0.3, -0.25) is 9.59 Å². The van der Waals surface area contributed by atoms with Gasteiger partial charge in [0, 0.05) is 19.7 Å². The Bertz CT molecular complexity index is 499. The first-order valence-corrected chi connectivity index (χ1v) is 7.26. The summed E-state index contributed by atoms with van der Waals surface area (Å²) in [4.78, 5) is 28.1. The molecule has 6 heteroatoms. The number of hydrogen-bond acceptors (Lipinski definition) is 4. The number of amides is 2. The van der Waals surface area contributed by atoms with Gasteiger partial charge in [-0.15, -0.1) is 0 Å². The maximum absolute atomic E-state index is 12.1. The standard InChI is InChI=1S/C15H21N3O3/c1-21-10-9-16-14(19)12-7-4-8-13(18-12)15(20)17-11-5-2-3-6-11/h4,7-8,11H,2-3,5-6,9-10H2,1H3,(H,16,19)(H,17,20). The van der Waals surface area contributed by atoms with Crippen LogP contribution in [0.5, 0.6) is 0 Å². The topological polar surface area (TPSA) is 80.3 Å². The predicted octanol–water partition coefficient (Wildman–Crippen LogP) is 1.13. The molecule has 21 heavy (non-hydrogen) atoms. The lowest BCUT2D eigenvalue weighted by molar-refractivity contribution is 0.0928. The number of carbonyl (C=O) groups is 2. The quantitative estimate of drug-likeness (QED) is 0.770. The summed E-state index contributed by atoms with van der Waals surface area (Å²) >= 11 is 0. The highest BCUT2D eigenvalue weighted by Crippen LogP contribution is 2.17. The first-order chi connectivity index (χ1) is 10.2. The summed E-state index contributed by atoms with van der Waals surface area (Å²) in [6, 6.07) is 5.12. The number of hydrogen-bond donors (Lipinski definition) is 2. The molecule has 0 radical (unpaired) electrons. The third-order valence-electron chi connectivity index (χ3n) is 3.50. The second-order valence-electron chi connectivity index (χ2n) is 5.11. The lowest BCUT2D eigenvalue weighted by Crippen LogP contribution is -2.34. The van der Waals surface area contributed by atoms with Gasteiger partial charge in [-0.05, 0) is 25.0 Å². The van der Waals surface area contributed by atoms with Crippen molar-refractivity contribution >= 4 is 11.8 Å². The highest BCUT2D eigenvalue weighted by molar-refractivity contribution is 5.96. The fourth-order valence-electron chi connectivity index (χ4n) is 2.37. The van der Waals surface area contributed by atoms with Crippen molar-refractivity contribution in [3.05, 3.63) is 29.6 Å². The molecular weight excluding hydrogens is 270 g/mol. The van der Waals surface area contributed by atoms with Crippen molar-refractivity contribution in [1.29, 1.82) is 0 Å². The van der Waals surface area contributed by atoms with E-state index in [0.717, 1.165) is 25.7 Å². The summed E-state index contributed by atoms with van der Waals surface area (Å²) in [6.45, 7) is 0.850. The molecule has 0 aliphatic heterocycles. The SMILES string of the molecule is COCCNC(=O)c1cccc(C(=O)NC2CCCC2)n1. The van der Waals surface area contributed by atoms with Crippen LogP contribution in [0.1, 0.15) is 46.7 Å². The number of nitrogens with one attached hydrogen (secondary N) is 2. The van der Waals surface area contributed by atoms with Crippen LogP contribution >= 0.6 is 0 Å². The molecular formula is C15H21N3O3. The zero-order valence-electron chi connectivity index (χ0n) is 12.2. The van der Waals surface area contributed by atoms with Crippen molar-refractivity contribution in [2.45, 2.75) is 31.7 Å². The molecule has 1 aromatic heterocycles. The van der Waals surface area contributed by atoms with Crippen LogP contribution < -0.4 is 10.6 Å². The van der Waals surface area contributed by atoms with Gasteiger partial charge in [-0.2, -0.15) is 0 Å². The van der Waals surface area contributed by atoms with Crippen LogP contribution in [0.15, 0.2) is 18.2 Å². The monoisotopic (exact) mass is 291 g/mol. The molecule has 114 valence electrons. The van der Waals surface area contributed by atoms with Crippen LogP contribution in [-0.2, 0) is 4.74 Å². The molecule has 0 unspecified atom stereocenters. The van der Waals surface area contributed by atoms with E-state index in [-0.39, 0.29) is 29.2 Å². The molecule has 2 amide bonds. The third kappa shape index (κ3) is 4.53. The van der Waals surface area contributed by atoms with Crippen molar-refractivity contribution < 1.29 is 14.3 Å². The lowest BCUT2D eigenvalue weighted by atomic mass is 10.2. The van der Waals surface area contributed by atoms with E-state index in [0.29, 0.717) is 13.2 Å². The number of ether oxygens (including phenoxy) is 1. The van der Waals surface area contributed by atoms with E-state index in [1.807, 2.05) is 0 Å². The van der Waals surface area contributed by atoms with E-state index in [1.54, 1.807) is 25.3 Å². The molecule has 1 fully saturated rings. The Kier molecular flexibility index (Phi) is 5.68. The Hall–Kier alpha value is -1.95. The van der Waals surface area contributed by atoms with Gasteiger partial charge < -0.3 is 15.4 Å². The van der Waals surface area contributed by atoms with Crippen molar-refractivity contribution in [2.75, 3.05) is 20.3 Å². The van der Waals surface area contributed by atoms with Crippen molar-refractivity contribution in [3.63, 3.8) is 0 Å². The van der Waals surface area contributed by atoms with Crippen molar-refractivity contribution in [3.8, 4) is 0 Å². The van der Waals surface area contributed by atoms with E-state index < -0.39 is 0 Å². The fourth-order valence-corrected chi connectivity index (χ4v) is 2.37. The number of aromatic nitrogens is 1. The average Bonchev–Trinajstić information content (AvgIpc) is 3.00. The van der Waals surface area contributed by atoms with Gasteiger partial charge in [-0.25, -0.2) is 4.98 Å². The van der Waals surface area contributed by atoms with Crippen LogP contribution in [0.2, 0.25) is 0 Å². The average molecular weight is 291 g/mol. The molecule has 0 spiro atoms. The molecule has 1 heterocycles. The first-order valence-electron chi connectivity index (χ1n) is 7.26. The summed E-state index contributed by atoms with van der Waals surface area (Å²) in [5.74, 6) is -0.518. The maximum atomic E-state index is 12.1. The zero-order chi connectivity index (χ0) is 15.1. The summed E-state index contributed by atoms with van der Waals surface area (Å²) in [5, 5.41) is 5.64. The minimum Gasteiger partial charge on any atom is -0.383 e. The molecule has 0 atom stereocenters. The van der Waals surface area contributed by atoms with Crippen molar-refractivity contribution in [2.24, 2.45) is 0 Å². The third-order valence-corrected chi connectivity index (χ3v) is 3.50. The number of carbonyl (C=O) groups excluding carboxylic acids is 2. The lowest BCUT2D eigenvalue weighted by Gasteiger charge is -2.11. The Morgan fingerprint density at radius 1 is 1.24 bits per heavy atom. The zero-order valence-corrected chi connectivity index (χ0v) is 12.2. The van der Waals surface area contributed by atoms with Gasteiger partial charge in [-0.1, -0.05) is 18.9 Å². The molecule has 6 nitrogen and oxygen atoms in total. The Morgan fingerprint density at radius 2 is 1.90 bits per heavy atom. The molecule has 2 N–H and O–H groups in total. The molecule has 0 saturated heterocycles. The Labute approximate surface area is 124 Å². The van der Waals surface area contributed by atoms with Gasteiger partial charge in [0.15, 0.2) is 0 Å². The van der Waals surface area contributed by atoms with Crippen LogP contribution in [0, 0.1) is 0 Å². The summed E-state index contributed by atoms with van der Waals surface area (Å²) in [7, 11) is 1.57. The summed E-state index contributed by atoms with van der Waals surface area (Å²) < 4.78 is 4.87. The van der Waals surface area contributed by atoms with Crippen LogP contribution in [0.3, 0.4) is 0 Å². The Morgan fingerprint density at radius 3 is 2.57 bits per heavy atom. The molecule has 1 aliphatic rings. The van der Waals surface area contributed by atoms with Crippen LogP contribution in [-0.4, -0.2) is 43.1 Å². The van der Waals surface area contributed by atoms with E-state index >= 15 is 0 Å². The number of rotatable bonds is 6.